The van der Waals surface area contributed by atoms with Crippen LogP contribution in [0.25, 0.3) is 0 Å². The van der Waals surface area contributed by atoms with Crippen LogP contribution in [0, 0.1) is 11.7 Å². The Balaban J connectivity index is 1.53. The molecule has 2 aromatic heterocycles. The van der Waals surface area contributed by atoms with Gasteiger partial charge in [-0.25, -0.2) is 32.9 Å². The van der Waals surface area contributed by atoms with Crippen molar-refractivity contribution in [3.8, 4) is 5.88 Å². The fourth-order valence-corrected chi connectivity index (χ4v) is 3.72. The van der Waals surface area contributed by atoms with E-state index in [0.29, 0.717) is 5.89 Å². The van der Waals surface area contributed by atoms with Crippen LogP contribution in [0.4, 0.5) is 23.7 Å². The number of aromatic nitrogens is 3. The lowest BCUT2D eigenvalue weighted by molar-refractivity contribution is 0.0171. The number of oxazole rings is 1. The minimum absolute atomic E-state index is 0.00144. The van der Waals surface area contributed by atoms with Gasteiger partial charge in [0.2, 0.25) is 11.8 Å². The van der Waals surface area contributed by atoms with Crippen LogP contribution in [0.5, 0.6) is 5.88 Å². The molecule has 4 rings (SSSR count). The molecule has 3 atom stereocenters. The summed E-state index contributed by atoms with van der Waals surface area (Å²) in [5.74, 6) is -2.31. The van der Waals surface area contributed by atoms with Gasteiger partial charge in [0.05, 0.1) is 18.6 Å². The third-order valence-corrected chi connectivity index (χ3v) is 5.46. The zero-order valence-electron chi connectivity index (χ0n) is 18.0. The van der Waals surface area contributed by atoms with E-state index in [1.54, 1.807) is 0 Å². The number of nitrogens with zero attached hydrogens (tertiary/aromatic N) is 3. The van der Waals surface area contributed by atoms with Crippen LogP contribution in [0.3, 0.4) is 0 Å². The average molecular weight is 491 g/mol. The van der Waals surface area contributed by atoms with E-state index in [1.165, 1.54) is 24.7 Å². The second-order valence-corrected chi connectivity index (χ2v) is 7.77. The molecule has 2 heterocycles. The molecular formula is C21H20F3N7O4. The number of hydrogen-bond acceptors (Lipinski definition) is 8. The lowest BCUT2D eigenvalue weighted by Gasteiger charge is -2.35. The van der Waals surface area contributed by atoms with E-state index in [1.807, 2.05) is 5.32 Å². The minimum Gasteiger partial charge on any atom is -0.467 e. The number of nitrogens with one attached hydrogen (secondary N) is 2. The SMILES string of the molecule is NC(=O)N[C@@](c1cc(NC(=O)c2cnc(OCc3ncco3)cn2)ccc1F)(C(F)F)[C@H]1C[C@H]1N. The fraction of sp³-hybridized carbons (Fsp3) is 0.286. The van der Waals surface area contributed by atoms with Crippen molar-refractivity contribution in [2.24, 2.45) is 17.4 Å². The summed E-state index contributed by atoms with van der Waals surface area (Å²) in [7, 11) is 0. The predicted molar refractivity (Wildman–Crippen MR) is 114 cm³/mol. The molecular weight excluding hydrogens is 471 g/mol. The summed E-state index contributed by atoms with van der Waals surface area (Å²) in [5, 5.41) is 4.43. The van der Waals surface area contributed by atoms with Crippen molar-refractivity contribution in [2.75, 3.05) is 5.32 Å². The second-order valence-electron chi connectivity index (χ2n) is 7.77. The number of hydrogen-bond donors (Lipinski definition) is 4. The van der Waals surface area contributed by atoms with E-state index < -0.39 is 47.2 Å². The Labute approximate surface area is 196 Å². The predicted octanol–water partition coefficient (Wildman–Crippen LogP) is 1.91. The first-order valence-electron chi connectivity index (χ1n) is 10.3. The lowest BCUT2D eigenvalue weighted by atomic mass is 9.84. The molecule has 1 fully saturated rings. The molecule has 1 aromatic carbocycles. The first kappa shape index (κ1) is 23.9. The standard InChI is InChI=1S/C21H20F3N7O4/c22-13-2-1-10(5-11(13)21(19(23)24,31-20(26)33)12-6-14(12)25)30-18(32)15-7-29-16(8-28-15)35-9-17-27-3-4-34-17/h1-5,7-8,12,14,19H,6,9,25H2,(H,30,32)(H3,26,31,33)/t12-,14+,21+/m0/s1. The Bertz CT molecular complexity index is 1210. The summed E-state index contributed by atoms with van der Waals surface area (Å²) in [4.78, 5) is 35.9. The topological polar surface area (TPSA) is 171 Å². The Morgan fingerprint density at radius 2 is 2.03 bits per heavy atom. The molecule has 35 heavy (non-hydrogen) atoms. The van der Waals surface area contributed by atoms with Gasteiger partial charge >= 0.3 is 6.03 Å². The van der Waals surface area contributed by atoms with E-state index in [0.717, 1.165) is 18.3 Å². The summed E-state index contributed by atoms with van der Waals surface area (Å²) in [6.45, 7) is 0.00144. The number of amides is 3. The van der Waals surface area contributed by atoms with E-state index in [-0.39, 0.29) is 30.3 Å². The number of nitrogens with two attached hydrogens (primary N) is 2. The summed E-state index contributed by atoms with van der Waals surface area (Å²) >= 11 is 0. The highest BCUT2D eigenvalue weighted by Gasteiger charge is 2.59. The second kappa shape index (κ2) is 9.58. The Morgan fingerprint density at radius 1 is 1.26 bits per heavy atom. The molecule has 1 aliphatic rings. The summed E-state index contributed by atoms with van der Waals surface area (Å²) in [5.41, 5.74) is 7.71. The molecule has 3 aromatic rings. The van der Waals surface area contributed by atoms with Crippen molar-refractivity contribution in [2.45, 2.75) is 31.0 Å². The normalized spacial score (nSPS) is 18.5. The zero-order chi connectivity index (χ0) is 25.2. The van der Waals surface area contributed by atoms with Gasteiger partial charge in [-0.1, -0.05) is 0 Å². The van der Waals surface area contributed by atoms with Gasteiger partial charge in [-0.15, -0.1) is 0 Å². The first-order valence-corrected chi connectivity index (χ1v) is 10.3. The number of halogens is 3. The number of urea groups is 1. The van der Waals surface area contributed by atoms with Gasteiger partial charge in [-0.3, -0.25) is 4.79 Å². The van der Waals surface area contributed by atoms with E-state index in [9.17, 15) is 22.8 Å². The highest BCUT2D eigenvalue weighted by molar-refractivity contribution is 6.02. The van der Waals surface area contributed by atoms with E-state index in [2.05, 4.69) is 20.3 Å². The maximum absolute atomic E-state index is 14.7. The summed E-state index contributed by atoms with van der Waals surface area (Å²) in [6.07, 6.45) is 2.05. The monoisotopic (exact) mass is 491 g/mol. The van der Waals surface area contributed by atoms with Crippen LogP contribution in [0.1, 0.15) is 28.4 Å². The third-order valence-electron chi connectivity index (χ3n) is 5.46. The number of carbonyl (C=O) groups is 2. The number of carbonyl (C=O) groups excluding carboxylic acids is 2. The molecule has 11 nitrogen and oxygen atoms in total. The summed E-state index contributed by atoms with van der Waals surface area (Å²) < 4.78 is 53.7. The van der Waals surface area contributed by atoms with E-state index in [4.69, 9.17) is 20.6 Å². The van der Waals surface area contributed by atoms with E-state index >= 15 is 0 Å². The molecule has 0 spiro atoms. The molecule has 6 N–H and O–H groups in total. The number of rotatable bonds is 9. The quantitative estimate of drug-likeness (QED) is 0.351. The average Bonchev–Trinajstić information content (AvgIpc) is 3.32. The van der Waals surface area contributed by atoms with Crippen LogP contribution in [0.15, 0.2) is 47.5 Å². The molecule has 1 aliphatic carbocycles. The minimum atomic E-state index is -3.23. The number of alkyl halides is 2. The van der Waals surface area contributed by atoms with Crippen molar-refractivity contribution < 1.29 is 31.9 Å². The van der Waals surface area contributed by atoms with Crippen LogP contribution >= 0.6 is 0 Å². The van der Waals surface area contributed by atoms with Crippen molar-refractivity contribution in [3.05, 3.63) is 66.0 Å². The van der Waals surface area contributed by atoms with Crippen LogP contribution in [-0.4, -0.2) is 39.4 Å². The zero-order valence-corrected chi connectivity index (χ0v) is 18.0. The lowest BCUT2D eigenvalue weighted by Crippen LogP contribution is -2.56. The van der Waals surface area contributed by atoms with Gasteiger partial charge in [0, 0.05) is 23.2 Å². The summed E-state index contributed by atoms with van der Waals surface area (Å²) in [6, 6.07) is 1.11. The maximum atomic E-state index is 14.7. The number of ether oxygens (including phenoxy) is 1. The molecule has 3 amide bonds. The van der Waals surface area contributed by atoms with Crippen molar-refractivity contribution in [1.82, 2.24) is 20.3 Å². The van der Waals surface area contributed by atoms with Gasteiger partial charge in [0.15, 0.2) is 6.61 Å². The third kappa shape index (κ3) is 5.01. The molecule has 14 heteroatoms. The van der Waals surface area contributed by atoms with Crippen LogP contribution in [-0.2, 0) is 12.1 Å². The fourth-order valence-electron chi connectivity index (χ4n) is 3.72. The largest absolute Gasteiger partial charge is 0.467 e. The number of anilines is 1. The molecule has 0 unspecified atom stereocenters. The number of primary amides is 1. The van der Waals surface area contributed by atoms with Gasteiger partial charge in [0.25, 0.3) is 12.3 Å². The highest BCUT2D eigenvalue weighted by Crippen LogP contribution is 2.49. The Kier molecular flexibility index (Phi) is 6.55. The smallest absolute Gasteiger partial charge is 0.313 e. The molecule has 1 saturated carbocycles. The van der Waals surface area contributed by atoms with Crippen molar-refractivity contribution in [3.63, 3.8) is 0 Å². The molecule has 0 aliphatic heterocycles. The van der Waals surface area contributed by atoms with Crippen LogP contribution < -0.4 is 26.8 Å². The number of benzene rings is 1. The molecule has 0 saturated heterocycles. The van der Waals surface area contributed by atoms with Gasteiger partial charge in [-0.05, 0) is 24.6 Å². The van der Waals surface area contributed by atoms with Gasteiger partial charge < -0.3 is 31.3 Å². The maximum Gasteiger partial charge on any atom is 0.313 e. The van der Waals surface area contributed by atoms with Crippen molar-refractivity contribution in [1.29, 1.82) is 0 Å². The van der Waals surface area contributed by atoms with Crippen molar-refractivity contribution >= 4 is 17.6 Å². The molecule has 0 radical (unpaired) electrons. The molecule has 0 bridgehead atoms. The van der Waals surface area contributed by atoms with Crippen LogP contribution in [0.2, 0.25) is 0 Å². The Hall–Kier alpha value is -4.20. The first-order chi connectivity index (χ1) is 16.7. The van der Waals surface area contributed by atoms with Gasteiger partial charge in [0.1, 0.15) is 23.3 Å². The Morgan fingerprint density at radius 3 is 2.60 bits per heavy atom. The van der Waals surface area contributed by atoms with Gasteiger partial charge in [-0.2, -0.15) is 0 Å². The molecule has 184 valence electrons. The highest BCUT2D eigenvalue weighted by atomic mass is 19.3.